The van der Waals surface area contributed by atoms with Gasteiger partial charge in [0.2, 0.25) is 0 Å². The van der Waals surface area contributed by atoms with Crippen molar-refractivity contribution in [2.75, 3.05) is 10.7 Å². The molecule has 0 fully saturated rings. The Balaban J connectivity index is 1.64. The van der Waals surface area contributed by atoms with Gasteiger partial charge in [-0.2, -0.15) is 5.10 Å². The molecule has 3 aromatic carbocycles. The smallest absolute Gasteiger partial charge is 0.123 e. The standard InChI is InChI=1S/C23H20FN3O/c24-16-4-1-14(2-5-16)23-21-11-3-15-13-19(28)10-12-20(15)22(21)26-27(23)18-8-6-17(25)7-9-18/h1-2,4-10,12-13,21,23,28H,3,11,25H2. The van der Waals surface area contributed by atoms with Crippen LogP contribution < -0.4 is 10.7 Å². The highest BCUT2D eigenvalue weighted by molar-refractivity contribution is 6.07. The van der Waals surface area contributed by atoms with Crippen molar-refractivity contribution in [3.05, 3.63) is 89.2 Å². The number of rotatable bonds is 2. The molecule has 1 heterocycles. The fourth-order valence-electron chi connectivity index (χ4n) is 4.35. The molecule has 0 spiro atoms. The molecule has 2 atom stereocenters. The van der Waals surface area contributed by atoms with Crippen LogP contribution in [0.3, 0.4) is 0 Å². The summed E-state index contributed by atoms with van der Waals surface area (Å²) < 4.78 is 13.5. The number of nitrogen functional groups attached to an aromatic ring is 1. The van der Waals surface area contributed by atoms with E-state index in [1.54, 1.807) is 6.07 Å². The molecule has 2 aliphatic rings. The minimum atomic E-state index is -0.244. The van der Waals surface area contributed by atoms with Crippen molar-refractivity contribution in [2.24, 2.45) is 11.0 Å². The van der Waals surface area contributed by atoms with Crippen LogP contribution >= 0.6 is 0 Å². The second-order valence-electron chi connectivity index (χ2n) is 7.40. The molecule has 0 amide bonds. The zero-order valence-corrected chi connectivity index (χ0v) is 15.2. The number of aryl methyl sites for hydroxylation is 1. The van der Waals surface area contributed by atoms with Gasteiger partial charge in [0.15, 0.2) is 0 Å². The van der Waals surface area contributed by atoms with E-state index in [1.807, 2.05) is 53.5 Å². The molecular weight excluding hydrogens is 353 g/mol. The van der Waals surface area contributed by atoms with E-state index >= 15 is 0 Å². The molecule has 140 valence electrons. The Hall–Kier alpha value is -3.34. The van der Waals surface area contributed by atoms with Crippen molar-refractivity contribution >= 4 is 17.1 Å². The molecule has 2 unspecified atom stereocenters. The number of benzene rings is 3. The fraction of sp³-hybridized carbons (Fsp3) is 0.174. The lowest BCUT2D eigenvalue weighted by molar-refractivity contribution is 0.472. The van der Waals surface area contributed by atoms with E-state index in [4.69, 9.17) is 10.8 Å². The summed E-state index contributed by atoms with van der Waals surface area (Å²) in [6, 6.07) is 19.8. The predicted octanol–water partition coefficient (Wildman–Crippen LogP) is 4.64. The van der Waals surface area contributed by atoms with Gasteiger partial charge in [-0.25, -0.2) is 4.39 Å². The van der Waals surface area contributed by atoms with Crippen molar-refractivity contribution in [3.8, 4) is 5.75 Å². The zero-order valence-electron chi connectivity index (χ0n) is 15.2. The first-order valence-electron chi connectivity index (χ1n) is 9.41. The summed E-state index contributed by atoms with van der Waals surface area (Å²) in [6.45, 7) is 0. The van der Waals surface area contributed by atoms with Gasteiger partial charge < -0.3 is 10.8 Å². The van der Waals surface area contributed by atoms with Gasteiger partial charge in [0.05, 0.1) is 17.4 Å². The Labute approximate surface area is 162 Å². The van der Waals surface area contributed by atoms with Crippen LogP contribution in [0.5, 0.6) is 5.75 Å². The van der Waals surface area contributed by atoms with Crippen LogP contribution in [0.15, 0.2) is 71.8 Å². The van der Waals surface area contributed by atoms with Crippen LogP contribution in [0.25, 0.3) is 0 Å². The number of nitrogens with zero attached hydrogens (tertiary/aromatic N) is 2. The van der Waals surface area contributed by atoms with Gasteiger partial charge in [-0.15, -0.1) is 0 Å². The first-order valence-corrected chi connectivity index (χ1v) is 9.41. The Morgan fingerprint density at radius 3 is 2.50 bits per heavy atom. The van der Waals surface area contributed by atoms with Crippen LogP contribution in [0, 0.1) is 11.7 Å². The summed E-state index contributed by atoms with van der Waals surface area (Å²) in [5, 5.41) is 16.9. The second kappa shape index (κ2) is 6.37. The Morgan fingerprint density at radius 1 is 1.00 bits per heavy atom. The number of phenols is 1. The summed E-state index contributed by atoms with van der Waals surface area (Å²) in [6.07, 6.45) is 1.80. The van der Waals surface area contributed by atoms with E-state index in [0.29, 0.717) is 5.69 Å². The van der Waals surface area contributed by atoms with E-state index in [1.165, 1.54) is 12.1 Å². The van der Waals surface area contributed by atoms with Crippen LogP contribution in [0.2, 0.25) is 0 Å². The van der Waals surface area contributed by atoms with Crippen molar-refractivity contribution < 1.29 is 9.50 Å². The molecule has 0 radical (unpaired) electrons. The number of halogens is 1. The molecule has 4 nitrogen and oxygen atoms in total. The number of hydrazone groups is 1. The number of fused-ring (bicyclic) bond motifs is 3. The van der Waals surface area contributed by atoms with Crippen molar-refractivity contribution in [3.63, 3.8) is 0 Å². The minimum absolute atomic E-state index is 0.0128. The first kappa shape index (κ1) is 16.8. The van der Waals surface area contributed by atoms with Crippen LogP contribution in [0.4, 0.5) is 15.8 Å². The summed E-state index contributed by atoms with van der Waals surface area (Å²) >= 11 is 0. The van der Waals surface area contributed by atoms with E-state index in [9.17, 15) is 9.50 Å². The van der Waals surface area contributed by atoms with Crippen LogP contribution in [0.1, 0.15) is 29.2 Å². The minimum Gasteiger partial charge on any atom is -0.508 e. The van der Waals surface area contributed by atoms with Gasteiger partial charge in [-0.3, -0.25) is 5.01 Å². The second-order valence-corrected chi connectivity index (χ2v) is 7.40. The van der Waals surface area contributed by atoms with Gasteiger partial charge in [-0.05, 0) is 78.6 Å². The molecule has 28 heavy (non-hydrogen) atoms. The average Bonchev–Trinajstić information content (AvgIpc) is 3.08. The number of phenolic OH excluding ortho intramolecular Hbond substituents is 1. The van der Waals surface area contributed by atoms with E-state index in [2.05, 4.69) is 0 Å². The molecule has 5 heteroatoms. The zero-order chi connectivity index (χ0) is 19.3. The molecule has 1 aliphatic carbocycles. The van der Waals surface area contributed by atoms with E-state index in [-0.39, 0.29) is 23.5 Å². The summed E-state index contributed by atoms with van der Waals surface area (Å²) in [4.78, 5) is 0. The molecule has 0 saturated heterocycles. The SMILES string of the molecule is Nc1ccc(N2N=C3c4ccc(O)cc4CCC3C2c2ccc(F)cc2)cc1. The van der Waals surface area contributed by atoms with Gasteiger partial charge in [0.1, 0.15) is 11.6 Å². The maximum absolute atomic E-state index is 13.5. The van der Waals surface area contributed by atoms with E-state index in [0.717, 1.165) is 40.9 Å². The third-order valence-corrected chi connectivity index (χ3v) is 5.67. The highest BCUT2D eigenvalue weighted by Crippen LogP contribution is 2.45. The fourth-order valence-corrected chi connectivity index (χ4v) is 4.35. The van der Waals surface area contributed by atoms with Gasteiger partial charge in [-0.1, -0.05) is 12.1 Å². The van der Waals surface area contributed by atoms with Gasteiger partial charge in [0, 0.05) is 17.2 Å². The lowest BCUT2D eigenvalue weighted by Crippen LogP contribution is -2.28. The van der Waals surface area contributed by atoms with Crippen molar-refractivity contribution in [1.82, 2.24) is 0 Å². The highest BCUT2D eigenvalue weighted by atomic mass is 19.1. The molecule has 0 saturated carbocycles. The molecular formula is C23H20FN3O. The summed E-state index contributed by atoms with van der Waals surface area (Å²) in [5.41, 5.74) is 11.8. The van der Waals surface area contributed by atoms with Crippen LogP contribution in [-0.4, -0.2) is 10.8 Å². The molecule has 3 N–H and O–H groups in total. The number of anilines is 2. The lowest BCUT2D eigenvalue weighted by Gasteiger charge is -2.30. The van der Waals surface area contributed by atoms with Gasteiger partial charge in [0.25, 0.3) is 0 Å². The Kier molecular flexibility index (Phi) is 3.83. The molecule has 3 aromatic rings. The lowest BCUT2D eigenvalue weighted by atomic mass is 9.77. The highest BCUT2D eigenvalue weighted by Gasteiger charge is 2.42. The maximum atomic E-state index is 13.5. The molecule has 1 aliphatic heterocycles. The first-order chi connectivity index (χ1) is 13.6. The average molecular weight is 373 g/mol. The molecule has 0 aromatic heterocycles. The third-order valence-electron chi connectivity index (χ3n) is 5.67. The maximum Gasteiger partial charge on any atom is 0.123 e. The molecule has 0 bridgehead atoms. The largest absolute Gasteiger partial charge is 0.508 e. The predicted molar refractivity (Wildman–Crippen MR) is 109 cm³/mol. The van der Waals surface area contributed by atoms with E-state index < -0.39 is 0 Å². The summed E-state index contributed by atoms with van der Waals surface area (Å²) in [5.74, 6) is 0.229. The monoisotopic (exact) mass is 373 g/mol. The topological polar surface area (TPSA) is 61.8 Å². The number of nitrogens with two attached hydrogens (primary N) is 1. The quantitative estimate of drug-likeness (QED) is 0.643. The number of hydrogen-bond donors (Lipinski definition) is 2. The van der Waals surface area contributed by atoms with Crippen molar-refractivity contribution in [1.29, 1.82) is 0 Å². The van der Waals surface area contributed by atoms with Crippen molar-refractivity contribution in [2.45, 2.75) is 18.9 Å². The Bertz CT molecular complexity index is 1060. The summed E-state index contributed by atoms with van der Waals surface area (Å²) in [7, 11) is 0. The van der Waals surface area contributed by atoms with Gasteiger partial charge >= 0.3 is 0 Å². The number of hydrogen-bond acceptors (Lipinski definition) is 4. The number of aromatic hydroxyl groups is 1. The van der Waals surface area contributed by atoms with Crippen LogP contribution in [-0.2, 0) is 6.42 Å². The Morgan fingerprint density at radius 2 is 1.75 bits per heavy atom. The normalized spacial score (nSPS) is 20.5. The third kappa shape index (κ3) is 2.71. The molecule has 5 rings (SSSR count).